The normalized spacial score (nSPS) is 10.7. The van der Waals surface area contributed by atoms with E-state index in [-0.39, 0.29) is 12.3 Å². The van der Waals surface area contributed by atoms with E-state index in [9.17, 15) is 9.59 Å². The van der Waals surface area contributed by atoms with Crippen LogP contribution < -0.4 is 4.90 Å². The Bertz CT molecular complexity index is 848. The van der Waals surface area contributed by atoms with Crippen LogP contribution >= 0.6 is 12.6 Å². The predicted octanol–water partition coefficient (Wildman–Crippen LogP) is 5.45. The minimum atomic E-state index is -0.799. The van der Waals surface area contributed by atoms with Crippen LogP contribution in [-0.2, 0) is 11.2 Å². The lowest BCUT2D eigenvalue weighted by Gasteiger charge is -2.26. The lowest BCUT2D eigenvalue weighted by molar-refractivity contribution is -0.137. The van der Waals surface area contributed by atoms with Crippen LogP contribution in [-0.4, -0.2) is 23.5 Å². The summed E-state index contributed by atoms with van der Waals surface area (Å²) in [5.41, 5.74) is 4.59. The first-order valence-corrected chi connectivity index (χ1v) is 10.2. The van der Waals surface area contributed by atoms with Crippen LogP contribution in [0.5, 0.6) is 0 Å². The average Bonchev–Trinajstić information content (AvgIpc) is 2.63. The Kier molecular flexibility index (Phi) is 8.12. The Morgan fingerprint density at radius 2 is 1.71 bits per heavy atom. The van der Waals surface area contributed by atoms with E-state index in [4.69, 9.17) is 5.11 Å². The second kappa shape index (κ2) is 10.3. The number of amides is 1. The first-order chi connectivity index (χ1) is 13.3. The third kappa shape index (κ3) is 5.86. The van der Waals surface area contributed by atoms with Crippen molar-refractivity contribution in [3.05, 3.63) is 58.7 Å². The molecule has 2 aromatic carbocycles. The summed E-state index contributed by atoms with van der Waals surface area (Å²) in [5, 5.41) is 8.95. The molecule has 0 radical (unpaired) electrons. The highest BCUT2D eigenvalue weighted by Gasteiger charge is 2.22. The minimum Gasteiger partial charge on any atom is -0.481 e. The number of rotatable bonds is 9. The molecule has 4 nitrogen and oxygen atoms in total. The van der Waals surface area contributed by atoms with Gasteiger partial charge in [0.05, 0.1) is 5.56 Å². The number of carbonyl (C=O) groups excluding carboxylic acids is 1. The van der Waals surface area contributed by atoms with Crippen molar-refractivity contribution >= 4 is 30.2 Å². The second-order valence-corrected chi connectivity index (χ2v) is 7.69. The van der Waals surface area contributed by atoms with Crippen molar-refractivity contribution < 1.29 is 14.7 Å². The number of anilines is 1. The number of benzene rings is 2. The Morgan fingerprint density at radius 1 is 1.04 bits per heavy atom. The summed E-state index contributed by atoms with van der Waals surface area (Å²) in [5.74, 6) is -0.865. The summed E-state index contributed by atoms with van der Waals surface area (Å²) in [6.07, 6.45) is 3.16. The van der Waals surface area contributed by atoms with Crippen molar-refractivity contribution in [1.29, 1.82) is 0 Å². The summed E-state index contributed by atoms with van der Waals surface area (Å²) in [6.45, 7) is 6.70. The molecule has 0 aliphatic heterocycles. The molecule has 0 atom stereocenters. The molecule has 0 heterocycles. The first kappa shape index (κ1) is 22.0. The standard InChI is InChI=1S/C23H29NO3S/c1-4-5-13-24(23(27)19-12-10-17(3)15-21(19)28)20-14-16(2)9-11-18(20)7-6-8-22(25)26/h9-12,14-15,28H,4-8,13H2,1-3H3,(H,25,26). The molecular weight excluding hydrogens is 370 g/mol. The van der Waals surface area contributed by atoms with Gasteiger partial charge in [-0.2, -0.15) is 0 Å². The van der Waals surface area contributed by atoms with Gasteiger partial charge in [-0.25, -0.2) is 0 Å². The van der Waals surface area contributed by atoms with Gasteiger partial charge in [-0.1, -0.05) is 31.5 Å². The molecular formula is C23H29NO3S. The minimum absolute atomic E-state index is 0.0662. The quantitative estimate of drug-likeness (QED) is 0.552. The van der Waals surface area contributed by atoms with Crippen molar-refractivity contribution in [3.8, 4) is 0 Å². The maximum absolute atomic E-state index is 13.4. The summed E-state index contributed by atoms with van der Waals surface area (Å²) in [6, 6.07) is 11.7. The fraction of sp³-hybridized carbons (Fsp3) is 0.391. The summed E-state index contributed by atoms with van der Waals surface area (Å²) in [7, 11) is 0. The summed E-state index contributed by atoms with van der Waals surface area (Å²) in [4.78, 5) is 26.8. The highest BCUT2D eigenvalue weighted by molar-refractivity contribution is 7.80. The summed E-state index contributed by atoms with van der Waals surface area (Å²) >= 11 is 4.52. The zero-order chi connectivity index (χ0) is 20.7. The van der Waals surface area contributed by atoms with Crippen LogP contribution in [0.15, 0.2) is 41.3 Å². The largest absolute Gasteiger partial charge is 0.481 e. The number of hydrogen-bond donors (Lipinski definition) is 2. The molecule has 0 aliphatic rings. The van der Waals surface area contributed by atoms with E-state index < -0.39 is 5.97 Å². The molecule has 0 spiro atoms. The van der Waals surface area contributed by atoms with E-state index >= 15 is 0 Å². The third-order valence-corrected chi connectivity index (χ3v) is 5.10. The van der Waals surface area contributed by atoms with E-state index in [2.05, 4.69) is 19.6 Å². The van der Waals surface area contributed by atoms with Crippen molar-refractivity contribution in [2.75, 3.05) is 11.4 Å². The van der Waals surface area contributed by atoms with Crippen molar-refractivity contribution in [2.24, 2.45) is 0 Å². The Morgan fingerprint density at radius 3 is 2.36 bits per heavy atom. The maximum atomic E-state index is 13.4. The Labute approximate surface area is 173 Å². The van der Waals surface area contributed by atoms with Crippen LogP contribution in [0.1, 0.15) is 59.7 Å². The molecule has 0 saturated carbocycles. The number of carboxylic acid groups (broad SMARTS) is 1. The molecule has 0 fully saturated rings. The number of thiol groups is 1. The number of aryl methyl sites for hydroxylation is 3. The molecule has 1 amide bonds. The third-order valence-electron chi connectivity index (χ3n) is 4.73. The average molecular weight is 400 g/mol. The van der Waals surface area contributed by atoms with Gasteiger partial charge >= 0.3 is 5.97 Å². The van der Waals surface area contributed by atoms with E-state index in [1.54, 1.807) is 0 Å². The van der Waals surface area contributed by atoms with Gasteiger partial charge in [-0.3, -0.25) is 9.59 Å². The number of aliphatic carboxylic acids is 1. The fourth-order valence-corrected chi connectivity index (χ4v) is 3.56. The molecule has 0 unspecified atom stereocenters. The monoisotopic (exact) mass is 399 g/mol. The number of hydrogen-bond acceptors (Lipinski definition) is 3. The SMILES string of the molecule is CCCCN(C(=O)c1ccc(C)cc1S)c1cc(C)ccc1CCCC(=O)O. The second-order valence-electron chi connectivity index (χ2n) is 7.21. The zero-order valence-corrected chi connectivity index (χ0v) is 17.8. The van der Waals surface area contributed by atoms with Gasteiger partial charge in [0, 0.05) is 23.5 Å². The van der Waals surface area contributed by atoms with Crippen LogP contribution in [0.4, 0.5) is 5.69 Å². The molecule has 2 aromatic rings. The van der Waals surface area contributed by atoms with Gasteiger partial charge in [0.1, 0.15) is 0 Å². The maximum Gasteiger partial charge on any atom is 0.303 e. The summed E-state index contributed by atoms with van der Waals surface area (Å²) < 4.78 is 0. The zero-order valence-electron chi connectivity index (χ0n) is 16.9. The number of unbranched alkanes of at least 4 members (excludes halogenated alkanes) is 1. The van der Waals surface area contributed by atoms with Crippen LogP contribution in [0, 0.1) is 13.8 Å². The topological polar surface area (TPSA) is 57.6 Å². The number of carbonyl (C=O) groups is 2. The smallest absolute Gasteiger partial charge is 0.303 e. The van der Waals surface area contributed by atoms with Gasteiger partial charge in [-0.15, -0.1) is 12.6 Å². The lowest BCUT2D eigenvalue weighted by atomic mass is 10.0. The molecule has 0 aromatic heterocycles. The van der Waals surface area contributed by atoms with Crippen molar-refractivity contribution in [3.63, 3.8) is 0 Å². The van der Waals surface area contributed by atoms with Crippen LogP contribution in [0.3, 0.4) is 0 Å². The Balaban J connectivity index is 2.42. The lowest BCUT2D eigenvalue weighted by Crippen LogP contribution is -2.33. The highest BCUT2D eigenvalue weighted by atomic mass is 32.1. The highest BCUT2D eigenvalue weighted by Crippen LogP contribution is 2.28. The van der Waals surface area contributed by atoms with Gasteiger partial charge in [0.15, 0.2) is 0 Å². The van der Waals surface area contributed by atoms with Crippen LogP contribution in [0.2, 0.25) is 0 Å². The van der Waals surface area contributed by atoms with Gasteiger partial charge in [0.2, 0.25) is 0 Å². The van der Waals surface area contributed by atoms with Crippen LogP contribution in [0.25, 0.3) is 0 Å². The van der Waals surface area contributed by atoms with E-state index in [1.165, 1.54) is 0 Å². The molecule has 5 heteroatoms. The molecule has 28 heavy (non-hydrogen) atoms. The molecule has 2 rings (SSSR count). The predicted molar refractivity (Wildman–Crippen MR) is 117 cm³/mol. The molecule has 1 N–H and O–H groups in total. The van der Waals surface area contributed by atoms with Gasteiger partial charge in [0.25, 0.3) is 5.91 Å². The van der Waals surface area contributed by atoms with Gasteiger partial charge < -0.3 is 10.0 Å². The van der Waals surface area contributed by atoms with Gasteiger partial charge in [-0.05, 0) is 68.0 Å². The number of carboxylic acids is 1. The molecule has 0 aliphatic carbocycles. The first-order valence-electron chi connectivity index (χ1n) is 9.76. The molecule has 150 valence electrons. The van der Waals surface area contributed by atoms with E-state index in [0.717, 1.165) is 35.2 Å². The number of nitrogens with zero attached hydrogens (tertiary/aromatic N) is 1. The molecule has 0 bridgehead atoms. The van der Waals surface area contributed by atoms with Crippen molar-refractivity contribution in [1.82, 2.24) is 0 Å². The van der Waals surface area contributed by atoms with Crippen molar-refractivity contribution in [2.45, 2.75) is 57.8 Å². The molecule has 0 saturated heterocycles. The fourth-order valence-electron chi connectivity index (χ4n) is 3.18. The van der Waals surface area contributed by atoms with E-state index in [0.29, 0.717) is 29.8 Å². The van der Waals surface area contributed by atoms with E-state index in [1.807, 2.05) is 55.1 Å². The Hall–Kier alpha value is -2.27.